The molecule has 384 valence electrons. The molecule has 0 radical (unpaired) electrons. The van der Waals surface area contributed by atoms with Gasteiger partial charge in [-0.15, -0.1) is 0 Å². The summed E-state index contributed by atoms with van der Waals surface area (Å²) in [6, 6.07) is 5.07. The number of benzene rings is 2. The van der Waals surface area contributed by atoms with Gasteiger partial charge in [-0.3, -0.25) is 4.55 Å². The molecular formula is C56H102O7P2S. The van der Waals surface area contributed by atoms with Crippen LogP contribution in [0.3, 0.4) is 0 Å². The van der Waals surface area contributed by atoms with E-state index in [-0.39, 0.29) is 16.3 Å². The van der Waals surface area contributed by atoms with Crippen molar-refractivity contribution >= 4 is 47.4 Å². The lowest BCUT2D eigenvalue weighted by Crippen LogP contribution is -2.23. The van der Waals surface area contributed by atoms with Gasteiger partial charge in [0.1, 0.15) is 4.90 Å². The van der Waals surface area contributed by atoms with Gasteiger partial charge in [0.15, 0.2) is 0 Å². The third-order valence-electron chi connectivity index (χ3n) is 13.6. The van der Waals surface area contributed by atoms with Gasteiger partial charge in [-0.05, 0) is 98.9 Å². The molecule has 0 amide bonds. The summed E-state index contributed by atoms with van der Waals surface area (Å²) in [5.74, 6) is -3.16. The Labute approximate surface area is 409 Å². The summed E-state index contributed by atoms with van der Waals surface area (Å²) < 4.78 is 31.6. The third-order valence-corrected chi connectivity index (χ3v) is 24.6. The highest BCUT2D eigenvalue weighted by Gasteiger charge is 2.35. The van der Waals surface area contributed by atoms with Crippen LogP contribution >= 0.6 is 14.5 Å². The fraction of sp³-hybridized carbons (Fsp3) is 0.786. The van der Waals surface area contributed by atoms with Gasteiger partial charge in [0, 0.05) is 19.9 Å². The SMILES string of the molecule is CCCCCCCCCC[P+](CCCC)(CCCC)CCCC.CCCCCCCCCC[P+](CCCC)(CCCC)CCCC.O=C([O-])c1ccc2c(S(=O)(=O)O)cc(C(=O)[O-])cc2c1. The van der Waals surface area contributed by atoms with E-state index in [1.54, 1.807) is 62.1 Å². The van der Waals surface area contributed by atoms with Crippen molar-refractivity contribution in [2.45, 2.75) is 240 Å². The molecule has 0 saturated heterocycles. The van der Waals surface area contributed by atoms with Gasteiger partial charge in [0.05, 0.1) is 61.2 Å². The van der Waals surface area contributed by atoms with E-state index in [1.807, 2.05) is 0 Å². The molecule has 0 aliphatic heterocycles. The molecule has 0 aromatic heterocycles. The number of fused-ring (bicyclic) bond motifs is 1. The Balaban J connectivity index is 0.000000962. The average Bonchev–Trinajstić information content (AvgIpc) is 3.30. The Morgan fingerprint density at radius 1 is 0.409 bits per heavy atom. The molecule has 0 spiro atoms. The van der Waals surface area contributed by atoms with Gasteiger partial charge in [-0.25, -0.2) is 0 Å². The fourth-order valence-corrected chi connectivity index (χ4v) is 20.4. The number of rotatable bonds is 39. The van der Waals surface area contributed by atoms with Crippen molar-refractivity contribution in [2.75, 3.05) is 49.3 Å². The van der Waals surface area contributed by atoms with Crippen molar-refractivity contribution < 1.29 is 32.8 Å². The highest BCUT2D eigenvalue weighted by Crippen LogP contribution is 2.62. The minimum Gasteiger partial charge on any atom is -0.545 e. The van der Waals surface area contributed by atoms with Crippen LogP contribution in [-0.2, 0) is 10.1 Å². The van der Waals surface area contributed by atoms with E-state index >= 15 is 0 Å². The molecule has 2 aromatic rings. The molecule has 0 aliphatic rings. The van der Waals surface area contributed by atoms with E-state index < -0.39 is 47.0 Å². The molecule has 2 rings (SSSR count). The van der Waals surface area contributed by atoms with Crippen LogP contribution in [0.5, 0.6) is 0 Å². The molecule has 0 fully saturated rings. The van der Waals surface area contributed by atoms with E-state index in [0.717, 1.165) is 30.3 Å². The monoisotopic (exact) mass is 981 g/mol. The molecule has 2 aromatic carbocycles. The Bertz CT molecular complexity index is 1530. The highest BCUT2D eigenvalue weighted by atomic mass is 32.2. The van der Waals surface area contributed by atoms with E-state index in [1.165, 1.54) is 167 Å². The number of carboxylic acids is 2. The van der Waals surface area contributed by atoms with Crippen LogP contribution in [-0.4, -0.2) is 74.2 Å². The first-order chi connectivity index (χ1) is 31.7. The summed E-state index contributed by atoms with van der Waals surface area (Å²) in [7, 11) is -5.90. The van der Waals surface area contributed by atoms with Crippen molar-refractivity contribution in [3.8, 4) is 0 Å². The van der Waals surface area contributed by atoms with Gasteiger partial charge in [-0.2, -0.15) is 8.42 Å². The topological polar surface area (TPSA) is 135 Å². The van der Waals surface area contributed by atoms with Crippen LogP contribution in [0.2, 0.25) is 0 Å². The molecule has 0 saturated carbocycles. The summed E-state index contributed by atoms with van der Waals surface area (Å²) in [6.07, 6.45) is 53.9. The van der Waals surface area contributed by atoms with Crippen LogP contribution in [0, 0.1) is 0 Å². The quantitative estimate of drug-likeness (QED) is 0.0400. The predicted octanol–water partition coefficient (Wildman–Crippen LogP) is 15.9. The zero-order valence-electron chi connectivity index (χ0n) is 44.0. The predicted molar refractivity (Wildman–Crippen MR) is 290 cm³/mol. The number of aromatic carboxylic acids is 2. The van der Waals surface area contributed by atoms with Gasteiger partial charge in [-0.1, -0.05) is 183 Å². The number of hydrogen-bond donors (Lipinski definition) is 1. The number of carbonyl (C=O) groups is 2. The molecule has 0 aliphatic carbocycles. The lowest BCUT2D eigenvalue weighted by Gasteiger charge is -2.28. The maximum absolute atomic E-state index is 11.3. The van der Waals surface area contributed by atoms with E-state index in [9.17, 15) is 28.2 Å². The summed E-state index contributed by atoms with van der Waals surface area (Å²) in [4.78, 5) is 20.9. The lowest BCUT2D eigenvalue weighted by molar-refractivity contribution is -0.256. The molecule has 7 nitrogen and oxygen atoms in total. The van der Waals surface area contributed by atoms with Crippen molar-refractivity contribution in [3.05, 3.63) is 41.5 Å². The number of carbonyl (C=O) groups excluding carboxylic acids is 2. The van der Waals surface area contributed by atoms with Gasteiger partial charge < -0.3 is 19.8 Å². The lowest BCUT2D eigenvalue weighted by atomic mass is 10.0. The standard InChI is InChI=1S/2C22H48P.C12H8O7S/c2*1-5-9-13-14-15-16-17-18-22-23(19-10-6-2,20-11-7-3)21-12-8-4;13-11(14)6-1-2-9-7(3-6)4-8(12(15)16)5-10(9)20(17,18)19/h2*5-22H2,1-4H3;1-5H,(H,13,14)(H,15,16)(H,17,18,19)/q2*+1;/p-2. The van der Waals surface area contributed by atoms with Crippen LogP contribution in [0.15, 0.2) is 35.2 Å². The molecular weight excluding hydrogens is 879 g/mol. The van der Waals surface area contributed by atoms with Crippen molar-refractivity contribution in [1.29, 1.82) is 0 Å². The summed E-state index contributed by atoms with van der Waals surface area (Å²) >= 11 is 0. The molecule has 66 heavy (non-hydrogen) atoms. The van der Waals surface area contributed by atoms with Crippen LogP contribution in [0.1, 0.15) is 256 Å². The zero-order valence-corrected chi connectivity index (χ0v) is 46.6. The van der Waals surface area contributed by atoms with E-state index in [4.69, 9.17) is 4.55 Å². The van der Waals surface area contributed by atoms with Crippen molar-refractivity contribution in [1.82, 2.24) is 0 Å². The minimum atomic E-state index is -4.67. The third kappa shape index (κ3) is 29.4. The normalized spacial score (nSPS) is 11.8. The van der Waals surface area contributed by atoms with Gasteiger partial charge in [0.2, 0.25) is 0 Å². The van der Waals surface area contributed by atoms with Crippen LogP contribution < -0.4 is 10.2 Å². The van der Waals surface area contributed by atoms with E-state index in [0.29, 0.717) is 0 Å². The summed E-state index contributed by atoms with van der Waals surface area (Å²) in [6.45, 7) is 18.9. The minimum absolute atomic E-state index is 0.0116. The second-order valence-corrected chi connectivity index (χ2v) is 29.8. The molecule has 0 bridgehead atoms. The molecule has 0 heterocycles. The van der Waals surface area contributed by atoms with Crippen LogP contribution in [0.25, 0.3) is 10.8 Å². The Hall–Kier alpha value is -1.59. The fourth-order valence-electron chi connectivity index (χ4n) is 9.26. The largest absolute Gasteiger partial charge is 0.545 e. The summed E-state index contributed by atoms with van der Waals surface area (Å²) in [5.41, 5.74) is -0.755. The maximum Gasteiger partial charge on any atom is 0.295 e. The Morgan fingerprint density at radius 2 is 0.682 bits per heavy atom. The second-order valence-electron chi connectivity index (χ2n) is 19.5. The number of carboxylic acid groups (broad SMARTS) is 2. The average molecular weight is 981 g/mol. The first-order valence-electron chi connectivity index (χ1n) is 27.4. The first-order valence-corrected chi connectivity index (χ1v) is 33.9. The van der Waals surface area contributed by atoms with E-state index in [2.05, 4.69) is 55.4 Å². The molecule has 1 N–H and O–H groups in total. The van der Waals surface area contributed by atoms with Gasteiger partial charge in [0.25, 0.3) is 10.1 Å². The number of unbranched alkanes of at least 4 members (excludes halogenated alkanes) is 20. The first kappa shape index (κ1) is 64.4. The van der Waals surface area contributed by atoms with Gasteiger partial charge >= 0.3 is 0 Å². The Morgan fingerprint density at radius 3 is 0.970 bits per heavy atom. The highest BCUT2D eigenvalue weighted by molar-refractivity contribution is 7.86. The maximum atomic E-state index is 11.3. The zero-order chi connectivity index (χ0) is 49.5. The molecule has 0 atom stereocenters. The smallest absolute Gasteiger partial charge is 0.295 e. The number of hydrogen-bond acceptors (Lipinski definition) is 6. The Kier molecular flexibility index (Phi) is 39.2. The van der Waals surface area contributed by atoms with Crippen LogP contribution in [0.4, 0.5) is 0 Å². The van der Waals surface area contributed by atoms with Crippen molar-refractivity contribution in [2.24, 2.45) is 0 Å². The molecule has 10 heteroatoms. The van der Waals surface area contributed by atoms with Crippen molar-refractivity contribution in [3.63, 3.8) is 0 Å². The molecule has 0 unspecified atom stereocenters. The second kappa shape index (κ2) is 40.2. The summed E-state index contributed by atoms with van der Waals surface area (Å²) in [5, 5.41) is 21.6.